The second-order valence-electron chi connectivity index (χ2n) is 8.20. The molecule has 0 heteroatoms. The molecule has 0 atom stereocenters. The van der Waals surface area contributed by atoms with E-state index < -0.39 is 0 Å². The van der Waals surface area contributed by atoms with Gasteiger partial charge < -0.3 is 0 Å². The van der Waals surface area contributed by atoms with Crippen molar-refractivity contribution in [2.75, 3.05) is 0 Å². The zero-order valence-electron chi connectivity index (χ0n) is 13.3. The van der Waals surface area contributed by atoms with Crippen LogP contribution >= 0.6 is 0 Å². The molecule has 0 N–H and O–H groups in total. The standard InChI is InChI=1S/C16H33/c1-12(2)11-13(14(3,4)5)16(9,10)15(6,7)8/h12H,11H2,1-10H3. The first-order chi connectivity index (χ1) is 6.80. The van der Waals surface area contributed by atoms with Gasteiger partial charge in [-0.1, -0.05) is 69.2 Å². The zero-order valence-corrected chi connectivity index (χ0v) is 13.3. The fourth-order valence-electron chi connectivity index (χ4n) is 2.36. The molecule has 0 bridgehead atoms. The van der Waals surface area contributed by atoms with Crippen molar-refractivity contribution in [3.63, 3.8) is 0 Å². The molecule has 0 unspecified atom stereocenters. The molecule has 0 fully saturated rings. The first-order valence-electron chi connectivity index (χ1n) is 6.67. The largest absolute Gasteiger partial charge is 0.0628 e. The van der Waals surface area contributed by atoms with Crippen molar-refractivity contribution in [3.8, 4) is 0 Å². The highest BCUT2D eigenvalue weighted by molar-refractivity contribution is 5.14. The molecule has 0 rings (SSSR count). The Kier molecular flexibility index (Phi) is 4.70. The molecule has 0 spiro atoms. The zero-order chi connectivity index (χ0) is 13.4. The van der Waals surface area contributed by atoms with Crippen molar-refractivity contribution in [1.29, 1.82) is 0 Å². The Bertz CT molecular complexity index is 207. The van der Waals surface area contributed by atoms with Gasteiger partial charge in [0.1, 0.15) is 0 Å². The Morgan fingerprint density at radius 3 is 1.38 bits per heavy atom. The average molecular weight is 225 g/mol. The van der Waals surface area contributed by atoms with Gasteiger partial charge in [-0.3, -0.25) is 0 Å². The van der Waals surface area contributed by atoms with Crippen molar-refractivity contribution >= 4 is 0 Å². The molecule has 0 aromatic heterocycles. The molecule has 0 aromatic rings. The van der Waals surface area contributed by atoms with Gasteiger partial charge >= 0.3 is 0 Å². The summed E-state index contributed by atoms with van der Waals surface area (Å²) in [4.78, 5) is 0. The van der Waals surface area contributed by atoms with Crippen LogP contribution in [0.15, 0.2) is 0 Å². The third-order valence-electron chi connectivity index (χ3n) is 4.15. The van der Waals surface area contributed by atoms with Gasteiger partial charge in [-0.15, -0.1) is 0 Å². The Balaban J connectivity index is 5.19. The molecule has 97 valence electrons. The molecule has 0 amide bonds. The number of hydrogen-bond acceptors (Lipinski definition) is 0. The van der Waals surface area contributed by atoms with Gasteiger partial charge in [-0.05, 0) is 34.5 Å². The van der Waals surface area contributed by atoms with E-state index in [1.165, 1.54) is 6.42 Å². The van der Waals surface area contributed by atoms with Gasteiger partial charge in [0, 0.05) is 0 Å². The Hall–Kier alpha value is 0. The van der Waals surface area contributed by atoms with Crippen molar-refractivity contribution in [1.82, 2.24) is 0 Å². The maximum absolute atomic E-state index is 2.41. The molecule has 0 heterocycles. The summed E-state index contributed by atoms with van der Waals surface area (Å²) in [6.45, 7) is 23.6. The van der Waals surface area contributed by atoms with Gasteiger partial charge in [-0.2, -0.15) is 0 Å². The summed E-state index contributed by atoms with van der Waals surface area (Å²) in [5.41, 5.74) is 0.918. The van der Waals surface area contributed by atoms with E-state index in [1.807, 2.05) is 0 Å². The minimum atomic E-state index is 0.287. The molecule has 0 nitrogen and oxygen atoms in total. The van der Waals surface area contributed by atoms with Crippen molar-refractivity contribution in [2.24, 2.45) is 22.2 Å². The van der Waals surface area contributed by atoms with Crippen LogP contribution in [0.5, 0.6) is 0 Å². The third kappa shape index (κ3) is 3.79. The van der Waals surface area contributed by atoms with E-state index in [1.54, 1.807) is 5.92 Å². The lowest BCUT2D eigenvalue weighted by Gasteiger charge is -2.51. The second-order valence-corrected chi connectivity index (χ2v) is 8.20. The van der Waals surface area contributed by atoms with E-state index in [9.17, 15) is 0 Å². The minimum Gasteiger partial charge on any atom is -0.0628 e. The molecule has 0 saturated carbocycles. The summed E-state index contributed by atoms with van der Waals surface area (Å²) in [5, 5.41) is 0. The lowest BCUT2D eigenvalue weighted by atomic mass is 9.54. The molecular formula is C16H33. The second kappa shape index (κ2) is 4.70. The summed E-state index contributed by atoms with van der Waals surface area (Å²) in [7, 11) is 0. The van der Waals surface area contributed by atoms with E-state index in [0.29, 0.717) is 10.8 Å². The van der Waals surface area contributed by atoms with Crippen LogP contribution in [0, 0.1) is 28.1 Å². The van der Waals surface area contributed by atoms with Gasteiger partial charge in [0.15, 0.2) is 0 Å². The van der Waals surface area contributed by atoms with Crippen LogP contribution in [-0.4, -0.2) is 0 Å². The van der Waals surface area contributed by atoms with E-state index in [0.717, 1.165) is 5.92 Å². The summed E-state index contributed by atoms with van der Waals surface area (Å²) in [5.74, 6) is 2.46. The van der Waals surface area contributed by atoms with Gasteiger partial charge in [-0.25, -0.2) is 0 Å². The van der Waals surface area contributed by atoms with Crippen LogP contribution in [0.4, 0.5) is 0 Å². The third-order valence-corrected chi connectivity index (χ3v) is 4.15. The average Bonchev–Trinajstić information content (AvgIpc) is 1.95. The Labute approximate surface area is 104 Å². The summed E-state index contributed by atoms with van der Waals surface area (Å²) < 4.78 is 0. The van der Waals surface area contributed by atoms with Crippen LogP contribution in [0.2, 0.25) is 0 Å². The monoisotopic (exact) mass is 225 g/mol. The van der Waals surface area contributed by atoms with E-state index >= 15 is 0 Å². The molecule has 1 radical (unpaired) electrons. The first kappa shape index (κ1) is 16.0. The van der Waals surface area contributed by atoms with Crippen molar-refractivity contribution < 1.29 is 0 Å². The van der Waals surface area contributed by atoms with Crippen molar-refractivity contribution in [2.45, 2.75) is 75.7 Å². The summed E-state index contributed by atoms with van der Waals surface area (Å²) in [6, 6.07) is 0. The molecule has 16 heavy (non-hydrogen) atoms. The van der Waals surface area contributed by atoms with Crippen LogP contribution < -0.4 is 0 Å². The molecule has 0 aliphatic rings. The quantitative estimate of drug-likeness (QED) is 0.576. The molecule has 0 aliphatic heterocycles. The van der Waals surface area contributed by atoms with Crippen molar-refractivity contribution in [3.05, 3.63) is 5.92 Å². The molecule has 0 aliphatic carbocycles. The topological polar surface area (TPSA) is 0 Å². The Morgan fingerprint density at radius 1 is 0.812 bits per heavy atom. The van der Waals surface area contributed by atoms with Crippen LogP contribution in [0.1, 0.15) is 75.7 Å². The molecule has 0 aromatic carbocycles. The predicted molar refractivity (Wildman–Crippen MR) is 75.4 cm³/mol. The van der Waals surface area contributed by atoms with Crippen LogP contribution in [-0.2, 0) is 0 Å². The van der Waals surface area contributed by atoms with Crippen LogP contribution in [0.25, 0.3) is 0 Å². The maximum atomic E-state index is 2.41. The first-order valence-corrected chi connectivity index (χ1v) is 6.67. The fourth-order valence-corrected chi connectivity index (χ4v) is 2.36. The van der Waals surface area contributed by atoms with E-state index in [4.69, 9.17) is 0 Å². The number of hydrogen-bond donors (Lipinski definition) is 0. The van der Waals surface area contributed by atoms with Crippen LogP contribution in [0.3, 0.4) is 0 Å². The lowest BCUT2D eigenvalue weighted by molar-refractivity contribution is 0.0934. The highest BCUT2D eigenvalue weighted by Crippen LogP contribution is 2.54. The SMILES string of the molecule is CC(C)C[C](C(C)(C)C)C(C)(C)C(C)(C)C. The minimum absolute atomic E-state index is 0.287. The normalized spacial score (nSPS) is 15.0. The summed E-state index contributed by atoms with van der Waals surface area (Å²) in [6.07, 6.45) is 1.24. The predicted octanol–water partition coefficient (Wildman–Crippen LogP) is 5.73. The highest BCUT2D eigenvalue weighted by Gasteiger charge is 2.45. The lowest BCUT2D eigenvalue weighted by Crippen LogP contribution is -2.42. The smallest absolute Gasteiger partial charge is 0.0123 e. The van der Waals surface area contributed by atoms with Gasteiger partial charge in [0.05, 0.1) is 0 Å². The van der Waals surface area contributed by atoms with Gasteiger partial charge in [0.2, 0.25) is 0 Å². The van der Waals surface area contributed by atoms with E-state index in [2.05, 4.69) is 69.2 Å². The van der Waals surface area contributed by atoms with Gasteiger partial charge in [0.25, 0.3) is 0 Å². The molecular weight excluding hydrogens is 192 g/mol. The highest BCUT2D eigenvalue weighted by atomic mass is 14.5. The summed E-state index contributed by atoms with van der Waals surface area (Å²) >= 11 is 0. The van der Waals surface area contributed by atoms with E-state index in [-0.39, 0.29) is 5.41 Å². The Morgan fingerprint density at radius 2 is 1.19 bits per heavy atom. The fraction of sp³-hybridized carbons (Fsp3) is 0.938. The number of rotatable bonds is 3. The maximum Gasteiger partial charge on any atom is -0.0123 e. The molecule has 0 saturated heterocycles.